The molecule has 0 atom stereocenters. The Balaban J connectivity index is 0.00000133. The van der Waals surface area contributed by atoms with E-state index in [4.69, 9.17) is 4.74 Å². The lowest BCUT2D eigenvalue weighted by atomic mass is 9.85. The van der Waals surface area contributed by atoms with Gasteiger partial charge in [0.25, 0.3) is 0 Å². The molecule has 2 N–H and O–H groups in total. The van der Waals surface area contributed by atoms with Crippen molar-refractivity contribution in [1.29, 1.82) is 0 Å². The van der Waals surface area contributed by atoms with E-state index in [9.17, 15) is 4.79 Å². The predicted molar refractivity (Wildman–Crippen MR) is 76.9 cm³/mol. The zero-order chi connectivity index (χ0) is 12.4. The van der Waals surface area contributed by atoms with Crippen LogP contribution in [0.5, 0.6) is 5.75 Å². The molecule has 4 nitrogen and oxygen atoms in total. The minimum atomic E-state index is 0. The van der Waals surface area contributed by atoms with E-state index in [0.717, 1.165) is 42.9 Å². The molecule has 1 amide bonds. The first kappa shape index (κ1) is 14.2. The summed E-state index contributed by atoms with van der Waals surface area (Å²) in [4.78, 5) is 11.9. The van der Waals surface area contributed by atoms with Crippen molar-refractivity contribution in [2.75, 3.05) is 18.5 Å². The van der Waals surface area contributed by atoms with Gasteiger partial charge in [-0.05, 0) is 31.0 Å². The van der Waals surface area contributed by atoms with Gasteiger partial charge in [-0.1, -0.05) is 6.42 Å². The third-order valence-corrected chi connectivity index (χ3v) is 3.66. The van der Waals surface area contributed by atoms with E-state index in [2.05, 4.69) is 10.6 Å². The Labute approximate surface area is 119 Å². The van der Waals surface area contributed by atoms with E-state index in [1.807, 2.05) is 18.2 Å². The summed E-state index contributed by atoms with van der Waals surface area (Å²) in [7, 11) is 0. The Morgan fingerprint density at radius 3 is 2.95 bits per heavy atom. The minimum Gasteiger partial charge on any atom is -0.492 e. The molecule has 3 rings (SSSR count). The molecule has 104 valence electrons. The van der Waals surface area contributed by atoms with Gasteiger partial charge in [0, 0.05) is 30.3 Å². The first-order chi connectivity index (χ1) is 8.83. The van der Waals surface area contributed by atoms with Crippen LogP contribution in [0.15, 0.2) is 18.2 Å². The topological polar surface area (TPSA) is 50.4 Å². The fraction of sp³-hybridized carbons (Fsp3) is 0.500. The van der Waals surface area contributed by atoms with E-state index >= 15 is 0 Å². The average Bonchev–Trinajstić information content (AvgIpc) is 2.51. The standard InChI is InChI=1S/C14H18N2O2.ClH/c17-14(10-2-1-3-10)16-12-4-5-13-11(8-12)9-15-6-7-18-13;/h4-5,8,10,15H,1-3,6-7,9H2,(H,16,17);1H. The number of hydrogen-bond acceptors (Lipinski definition) is 3. The molecule has 1 fully saturated rings. The first-order valence-corrected chi connectivity index (χ1v) is 6.60. The van der Waals surface area contributed by atoms with E-state index in [-0.39, 0.29) is 24.2 Å². The average molecular weight is 283 g/mol. The highest BCUT2D eigenvalue weighted by atomic mass is 35.5. The molecule has 0 spiro atoms. The van der Waals surface area contributed by atoms with Crippen molar-refractivity contribution in [3.05, 3.63) is 23.8 Å². The summed E-state index contributed by atoms with van der Waals surface area (Å²) in [5, 5.41) is 6.28. The molecule has 0 unspecified atom stereocenters. The van der Waals surface area contributed by atoms with Gasteiger partial charge >= 0.3 is 0 Å². The van der Waals surface area contributed by atoms with Crippen molar-refractivity contribution in [2.45, 2.75) is 25.8 Å². The number of halogens is 1. The summed E-state index contributed by atoms with van der Waals surface area (Å²) in [6, 6.07) is 5.86. The normalized spacial score (nSPS) is 18.1. The maximum absolute atomic E-state index is 11.9. The molecule has 0 bridgehead atoms. The Hall–Kier alpha value is -1.26. The Kier molecular flexibility index (Phi) is 4.66. The van der Waals surface area contributed by atoms with Gasteiger partial charge in [-0.2, -0.15) is 0 Å². The molecule has 19 heavy (non-hydrogen) atoms. The molecule has 1 aromatic carbocycles. The van der Waals surface area contributed by atoms with Gasteiger partial charge in [-0.15, -0.1) is 12.4 Å². The lowest BCUT2D eigenvalue weighted by molar-refractivity contribution is -0.122. The number of rotatable bonds is 2. The number of carbonyl (C=O) groups excluding carboxylic acids is 1. The summed E-state index contributed by atoms with van der Waals surface area (Å²) in [5.41, 5.74) is 1.98. The van der Waals surface area contributed by atoms with Gasteiger partial charge in [-0.3, -0.25) is 4.79 Å². The molecule has 0 aromatic heterocycles. The molecule has 5 heteroatoms. The number of amides is 1. The highest BCUT2D eigenvalue weighted by Crippen LogP contribution is 2.29. The lowest BCUT2D eigenvalue weighted by Crippen LogP contribution is -2.28. The van der Waals surface area contributed by atoms with Crippen LogP contribution in [0.2, 0.25) is 0 Å². The molecule has 1 heterocycles. The second-order valence-electron chi connectivity index (χ2n) is 4.96. The molecule has 1 saturated carbocycles. The lowest BCUT2D eigenvalue weighted by Gasteiger charge is -2.24. The zero-order valence-corrected chi connectivity index (χ0v) is 11.6. The van der Waals surface area contributed by atoms with Crippen molar-refractivity contribution in [2.24, 2.45) is 5.92 Å². The second kappa shape index (κ2) is 6.26. The van der Waals surface area contributed by atoms with Crippen LogP contribution < -0.4 is 15.4 Å². The van der Waals surface area contributed by atoms with Crippen molar-refractivity contribution >= 4 is 24.0 Å². The molecule has 0 saturated heterocycles. The second-order valence-corrected chi connectivity index (χ2v) is 4.96. The Morgan fingerprint density at radius 1 is 1.37 bits per heavy atom. The number of ether oxygens (including phenoxy) is 1. The molecule has 2 aliphatic rings. The van der Waals surface area contributed by atoms with Crippen LogP contribution in [-0.2, 0) is 11.3 Å². The fourth-order valence-electron chi connectivity index (χ4n) is 2.31. The summed E-state index contributed by atoms with van der Waals surface area (Å²) >= 11 is 0. The van der Waals surface area contributed by atoms with Crippen LogP contribution in [0.3, 0.4) is 0 Å². The number of fused-ring (bicyclic) bond motifs is 1. The Morgan fingerprint density at radius 2 is 2.21 bits per heavy atom. The van der Waals surface area contributed by atoms with Gasteiger partial charge < -0.3 is 15.4 Å². The smallest absolute Gasteiger partial charge is 0.227 e. The number of hydrogen-bond donors (Lipinski definition) is 2. The van der Waals surface area contributed by atoms with Crippen molar-refractivity contribution in [1.82, 2.24) is 5.32 Å². The van der Waals surface area contributed by atoms with Crippen LogP contribution in [-0.4, -0.2) is 19.1 Å². The zero-order valence-electron chi connectivity index (χ0n) is 10.8. The summed E-state index contributed by atoms with van der Waals surface area (Å²) in [6.07, 6.45) is 3.24. The summed E-state index contributed by atoms with van der Waals surface area (Å²) in [6.45, 7) is 2.35. The van der Waals surface area contributed by atoms with E-state index < -0.39 is 0 Å². The van der Waals surface area contributed by atoms with Gasteiger partial charge in [0.1, 0.15) is 12.4 Å². The maximum Gasteiger partial charge on any atom is 0.227 e. The summed E-state index contributed by atoms with van der Waals surface area (Å²) in [5.74, 6) is 1.29. The van der Waals surface area contributed by atoms with Crippen molar-refractivity contribution < 1.29 is 9.53 Å². The maximum atomic E-state index is 11.9. The SMILES string of the molecule is Cl.O=C(Nc1ccc2c(c1)CNCCO2)C1CCC1. The third kappa shape index (κ3) is 3.19. The van der Waals surface area contributed by atoms with E-state index in [1.165, 1.54) is 6.42 Å². The Bertz CT molecular complexity index is 461. The van der Waals surface area contributed by atoms with E-state index in [0.29, 0.717) is 6.61 Å². The van der Waals surface area contributed by atoms with E-state index in [1.54, 1.807) is 0 Å². The van der Waals surface area contributed by atoms with Gasteiger partial charge in [0.15, 0.2) is 0 Å². The van der Waals surface area contributed by atoms with Crippen LogP contribution in [0.1, 0.15) is 24.8 Å². The summed E-state index contributed by atoms with van der Waals surface area (Å²) < 4.78 is 5.61. The number of anilines is 1. The number of benzene rings is 1. The third-order valence-electron chi connectivity index (χ3n) is 3.66. The number of carbonyl (C=O) groups is 1. The first-order valence-electron chi connectivity index (χ1n) is 6.60. The van der Waals surface area contributed by atoms with Gasteiger partial charge in [-0.25, -0.2) is 0 Å². The van der Waals surface area contributed by atoms with Gasteiger partial charge in [0.05, 0.1) is 0 Å². The molecule has 1 aliphatic heterocycles. The number of nitrogens with one attached hydrogen (secondary N) is 2. The van der Waals surface area contributed by atoms with Gasteiger partial charge in [0.2, 0.25) is 5.91 Å². The monoisotopic (exact) mass is 282 g/mol. The largest absolute Gasteiger partial charge is 0.492 e. The molecular weight excluding hydrogens is 264 g/mol. The highest BCUT2D eigenvalue weighted by molar-refractivity contribution is 5.93. The van der Waals surface area contributed by atoms with Crippen molar-refractivity contribution in [3.63, 3.8) is 0 Å². The molecule has 1 aromatic rings. The predicted octanol–water partition coefficient (Wildman–Crippen LogP) is 2.33. The highest BCUT2D eigenvalue weighted by Gasteiger charge is 2.25. The van der Waals surface area contributed by atoms with Crippen molar-refractivity contribution in [3.8, 4) is 5.75 Å². The van der Waals surface area contributed by atoms with Crippen LogP contribution in [0.25, 0.3) is 0 Å². The van der Waals surface area contributed by atoms with Crippen LogP contribution in [0.4, 0.5) is 5.69 Å². The van der Waals surface area contributed by atoms with Crippen LogP contribution >= 0.6 is 12.4 Å². The molecule has 1 aliphatic carbocycles. The molecular formula is C14H19ClN2O2. The molecule has 0 radical (unpaired) electrons. The van der Waals surface area contributed by atoms with Crippen LogP contribution in [0, 0.1) is 5.92 Å². The quantitative estimate of drug-likeness (QED) is 0.875. The fourth-order valence-corrected chi connectivity index (χ4v) is 2.31. The minimum absolute atomic E-state index is 0.